The molecule has 0 aromatic heterocycles. The summed E-state index contributed by atoms with van der Waals surface area (Å²) in [6, 6.07) is 14.8. The van der Waals surface area contributed by atoms with E-state index in [4.69, 9.17) is 0 Å². The summed E-state index contributed by atoms with van der Waals surface area (Å²) in [7, 11) is 0. The second-order valence-corrected chi connectivity index (χ2v) is 5.88. The van der Waals surface area contributed by atoms with Gasteiger partial charge in [0.15, 0.2) is 0 Å². The summed E-state index contributed by atoms with van der Waals surface area (Å²) in [6.45, 7) is 3.93. The fourth-order valence-electron chi connectivity index (χ4n) is 2.93. The van der Waals surface area contributed by atoms with E-state index < -0.39 is 0 Å². The molecule has 1 heterocycles. The summed E-state index contributed by atoms with van der Waals surface area (Å²) in [6.07, 6.45) is 2.21. The second kappa shape index (κ2) is 7.61. The molecule has 1 unspecified atom stereocenters. The number of carbonyl (C=O) groups is 1. The van der Waals surface area contributed by atoms with E-state index in [0.29, 0.717) is 0 Å². The number of amides is 1. The Bertz CT molecular complexity index is 638. The van der Waals surface area contributed by atoms with E-state index >= 15 is 0 Å². The molecule has 1 aliphatic heterocycles. The van der Waals surface area contributed by atoms with Crippen LogP contribution in [0.25, 0.3) is 10.8 Å². The minimum Gasteiger partial charge on any atom is -0.352 e. The zero-order valence-electron chi connectivity index (χ0n) is 12.8. The molecule has 3 nitrogen and oxygen atoms in total. The van der Waals surface area contributed by atoms with Crippen LogP contribution in [0.5, 0.6) is 0 Å². The summed E-state index contributed by atoms with van der Waals surface area (Å²) >= 11 is 0. The molecule has 2 aromatic carbocycles. The van der Waals surface area contributed by atoms with Gasteiger partial charge in [-0.05, 0) is 42.6 Å². The molecule has 2 N–H and O–H groups in total. The molecule has 1 fully saturated rings. The minimum absolute atomic E-state index is 0. The van der Waals surface area contributed by atoms with Crippen LogP contribution in [-0.4, -0.2) is 25.0 Å². The number of rotatable bonds is 3. The van der Waals surface area contributed by atoms with E-state index in [9.17, 15) is 4.79 Å². The highest BCUT2D eigenvalue weighted by molar-refractivity contribution is 5.87. The monoisotopic (exact) mass is 318 g/mol. The number of hydrogen-bond acceptors (Lipinski definition) is 2. The standard InChI is InChI=1S/C18H22N2O.ClH/c1-13(18(21)20-17-7-4-10-19-12-17)15-9-8-14-5-2-3-6-16(14)11-15;/h2-3,5-6,8-9,11,13,17,19H,4,7,10,12H2,1H3,(H,20,21);1H/t13?,17-;/m0./s1. The van der Waals surface area contributed by atoms with Crippen molar-refractivity contribution in [1.82, 2.24) is 10.6 Å². The van der Waals surface area contributed by atoms with Crippen molar-refractivity contribution in [2.45, 2.75) is 31.7 Å². The van der Waals surface area contributed by atoms with Crippen molar-refractivity contribution in [2.75, 3.05) is 13.1 Å². The number of halogens is 1. The summed E-state index contributed by atoms with van der Waals surface area (Å²) in [5, 5.41) is 8.89. The Morgan fingerprint density at radius 1 is 1.23 bits per heavy atom. The van der Waals surface area contributed by atoms with Crippen LogP contribution in [0.1, 0.15) is 31.2 Å². The van der Waals surface area contributed by atoms with Crippen molar-refractivity contribution in [3.05, 3.63) is 48.0 Å². The van der Waals surface area contributed by atoms with Crippen LogP contribution in [0.4, 0.5) is 0 Å². The first-order chi connectivity index (χ1) is 10.2. The fraction of sp³-hybridized carbons (Fsp3) is 0.389. The lowest BCUT2D eigenvalue weighted by atomic mass is 9.96. The van der Waals surface area contributed by atoms with Crippen molar-refractivity contribution >= 4 is 29.1 Å². The molecule has 0 saturated carbocycles. The molecular formula is C18H23ClN2O. The van der Waals surface area contributed by atoms with E-state index in [1.165, 1.54) is 10.8 Å². The largest absolute Gasteiger partial charge is 0.352 e. The van der Waals surface area contributed by atoms with Crippen LogP contribution >= 0.6 is 12.4 Å². The highest BCUT2D eigenvalue weighted by Crippen LogP contribution is 2.22. The van der Waals surface area contributed by atoms with Crippen molar-refractivity contribution in [1.29, 1.82) is 0 Å². The smallest absolute Gasteiger partial charge is 0.227 e. The van der Waals surface area contributed by atoms with E-state index in [-0.39, 0.29) is 30.3 Å². The van der Waals surface area contributed by atoms with Crippen molar-refractivity contribution in [3.63, 3.8) is 0 Å². The molecule has 1 saturated heterocycles. The molecule has 0 aliphatic carbocycles. The Morgan fingerprint density at radius 2 is 2.00 bits per heavy atom. The Labute approximate surface area is 137 Å². The van der Waals surface area contributed by atoms with Crippen LogP contribution in [0.2, 0.25) is 0 Å². The zero-order valence-corrected chi connectivity index (χ0v) is 13.7. The number of nitrogens with one attached hydrogen (secondary N) is 2. The maximum atomic E-state index is 12.4. The molecule has 0 bridgehead atoms. The van der Waals surface area contributed by atoms with Gasteiger partial charge in [0, 0.05) is 12.6 Å². The third-order valence-electron chi connectivity index (χ3n) is 4.31. The third-order valence-corrected chi connectivity index (χ3v) is 4.31. The predicted octanol–water partition coefficient (Wildman–Crippen LogP) is 3.23. The predicted molar refractivity (Wildman–Crippen MR) is 93.6 cm³/mol. The average molecular weight is 319 g/mol. The maximum Gasteiger partial charge on any atom is 0.227 e. The highest BCUT2D eigenvalue weighted by Gasteiger charge is 2.20. The van der Waals surface area contributed by atoms with Gasteiger partial charge in [0.25, 0.3) is 0 Å². The topological polar surface area (TPSA) is 41.1 Å². The molecule has 22 heavy (non-hydrogen) atoms. The molecule has 1 aliphatic rings. The Kier molecular flexibility index (Phi) is 5.81. The first kappa shape index (κ1) is 16.8. The Morgan fingerprint density at radius 3 is 2.73 bits per heavy atom. The third kappa shape index (κ3) is 3.79. The number of carbonyl (C=O) groups excluding carboxylic acids is 1. The van der Waals surface area contributed by atoms with Gasteiger partial charge in [-0.1, -0.05) is 42.5 Å². The second-order valence-electron chi connectivity index (χ2n) is 5.88. The summed E-state index contributed by atoms with van der Waals surface area (Å²) < 4.78 is 0. The van der Waals surface area contributed by atoms with Crippen molar-refractivity contribution in [3.8, 4) is 0 Å². The van der Waals surface area contributed by atoms with Crippen LogP contribution in [0, 0.1) is 0 Å². The van der Waals surface area contributed by atoms with Crippen molar-refractivity contribution < 1.29 is 4.79 Å². The van der Waals surface area contributed by atoms with Crippen molar-refractivity contribution in [2.24, 2.45) is 0 Å². The highest BCUT2D eigenvalue weighted by atomic mass is 35.5. The lowest BCUT2D eigenvalue weighted by Crippen LogP contribution is -2.46. The van der Waals surface area contributed by atoms with Crippen LogP contribution in [0.15, 0.2) is 42.5 Å². The number of piperidine rings is 1. The van der Waals surface area contributed by atoms with Crippen LogP contribution in [-0.2, 0) is 4.79 Å². The molecule has 1 amide bonds. The van der Waals surface area contributed by atoms with Crippen LogP contribution in [0.3, 0.4) is 0 Å². The first-order valence-corrected chi connectivity index (χ1v) is 7.74. The molecule has 2 aromatic rings. The zero-order chi connectivity index (χ0) is 14.7. The van der Waals surface area contributed by atoms with Gasteiger partial charge in [-0.2, -0.15) is 0 Å². The summed E-state index contributed by atoms with van der Waals surface area (Å²) in [4.78, 5) is 12.4. The van der Waals surface area contributed by atoms with E-state index in [2.05, 4.69) is 41.0 Å². The SMILES string of the molecule is CC(C(=O)N[C@H]1CCCNC1)c1ccc2ccccc2c1.Cl. The van der Waals surface area contributed by atoms with Gasteiger partial charge in [-0.25, -0.2) is 0 Å². The lowest BCUT2D eigenvalue weighted by molar-refractivity contribution is -0.123. The van der Waals surface area contributed by atoms with Gasteiger partial charge in [0.1, 0.15) is 0 Å². The minimum atomic E-state index is -0.114. The molecule has 0 radical (unpaired) electrons. The Balaban J connectivity index is 0.00000176. The molecule has 2 atom stereocenters. The van der Waals surface area contributed by atoms with Gasteiger partial charge < -0.3 is 10.6 Å². The number of fused-ring (bicyclic) bond motifs is 1. The number of hydrogen-bond donors (Lipinski definition) is 2. The first-order valence-electron chi connectivity index (χ1n) is 7.74. The Hall–Kier alpha value is -1.58. The molecule has 3 rings (SSSR count). The molecule has 4 heteroatoms. The van der Waals surface area contributed by atoms with Gasteiger partial charge in [0.05, 0.1) is 5.92 Å². The van der Waals surface area contributed by atoms with Gasteiger partial charge in [0.2, 0.25) is 5.91 Å². The van der Waals surface area contributed by atoms with E-state index in [1.54, 1.807) is 0 Å². The van der Waals surface area contributed by atoms with E-state index in [0.717, 1.165) is 31.5 Å². The van der Waals surface area contributed by atoms with Gasteiger partial charge >= 0.3 is 0 Å². The lowest BCUT2D eigenvalue weighted by Gasteiger charge is -2.25. The summed E-state index contributed by atoms with van der Waals surface area (Å²) in [5.41, 5.74) is 1.08. The summed E-state index contributed by atoms with van der Waals surface area (Å²) in [5.74, 6) is 0.00973. The van der Waals surface area contributed by atoms with Gasteiger partial charge in [-0.3, -0.25) is 4.79 Å². The fourth-order valence-corrected chi connectivity index (χ4v) is 2.93. The number of benzene rings is 2. The molecule has 118 valence electrons. The maximum absolute atomic E-state index is 12.4. The normalized spacial score (nSPS) is 19.2. The quantitative estimate of drug-likeness (QED) is 0.912. The molecule has 0 spiro atoms. The van der Waals surface area contributed by atoms with E-state index in [1.807, 2.05) is 19.1 Å². The molecular weight excluding hydrogens is 296 g/mol. The van der Waals surface area contributed by atoms with Gasteiger partial charge in [-0.15, -0.1) is 12.4 Å². The van der Waals surface area contributed by atoms with Crippen LogP contribution < -0.4 is 10.6 Å². The average Bonchev–Trinajstić information content (AvgIpc) is 2.54.